The third-order valence-corrected chi connectivity index (χ3v) is 8.12. The number of ether oxygens (including phenoxy) is 1. The zero-order valence-electron chi connectivity index (χ0n) is 18.4. The molecule has 0 radical (unpaired) electrons. The summed E-state index contributed by atoms with van der Waals surface area (Å²) in [6, 6.07) is 12.6. The normalized spacial score (nSPS) is 17.0. The van der Waals surface area contributed by atoms with E-state index in [1.165, 1.54) is 29.2 Å². The Morgan fingerprint density at radius 3 is 2.05 bits per heavy atom. The lowest BCUT2D eigenvalue weighted by Crippen LogP contribution is -2.29. The number of benzene rings is 3. The Balaban J connectivity index is 1.37. The van der Waals surface area contributed by atoms with Gasteiger partial charge < -0.3 is 9.64 Å². The highest BCUT2D eigenvalue weighted by Crippen LogP contribution is 2.46. The summed E-state index contributed by atoms with van der Waals surface area (Å²) in [4.78, 5) is 53.9. The first-order valence-corrected chi connectivity index (χ1v) is 12.6. The number of hydrogen-bond acceptors (Lipinski definition) is 5. The van der Waals surface area contributed by atoms with Gasteiger partial charge in [0.2, 0.25) is 5.91 Å². The van der Waals surface area contributed by atoms with Crippen LogP contribution in [0.3, 0.4) is 0 Å². The minimum absolute atomic E-state index is 0.0549. The predicted molar refractivity (Wildman–Crippen MR) is 142 cm³/mol. The van der Waals surface area contributed by atoms with Gasteiger partial charge in [-0.15, -0.1) is 0 Å². The average Bonchev–Trinajstić information content (AvgIpc) is 3.38. The summed E-state index contributed by atoms with van der Waals surface area (Å²) in [6.45, 7) is 0.0953. The number of carbonyl (C=O) groups is 4. The molecule has 1 fully saturated rings. The minimum Gasteiger partial charge on any atom is -0.426 e. The van der Waals surface area contributed by atoms with Crippen molar-refractivity contribution in [2.75, 3.05) is 16.3 Å². The number of amides is 3. The number of para-hydroxylation sites is 1. The second-order valence-electron chi connectivity index (χ2n) is 8.23. The van der Waals surface area contributed by atoms with E-state index < -0.39 is 23.7 Å². The van der Waals surface area contributed by atoms with Gasteiger partial charge in [-0.1, -0.05) is 76.2 Å². The first kappa shape index (κ1) is 25.8. The Morgan fingerprint density at radius 1 is 0.811 bits per heavy atom. The van der Waals surface area contributed by atoms with E-state index >= 15 is 0 Å². The fraction of sp³-hybridized carbons (Fsp3) is 0.120. The Labute approximate surface area is 235 Å². The first-order chi connectivity index (χ1) is 17.6. The lowest BCUT2D eigenvalue weighted by molar-refractivity contribution is -0.139. The fourth-order valence-corrected chi connectivity index (χ4v) is 5.49. The predicted octanol–water partition coefficient (Wildman–Crippen LogP) is 6.71. The quantitative estimate of drug-likeness (QED) is 0.110. The van der Waals surface area contributed by atoms with Gasteiger partial charge in [0.05, 0.1) is 53.5 Å². The van der Waals surface area contributed by atoms with Gasteiger partial charge in [-0.3, -0.25) is 19.2 Å². The van der Waals surface area contributed by atoms with Crippen LogP contribution < -0.4 is 14.5 Å². The molecule has 12 heteroatoms. The number of carbonyl (C=O) groups excluding carboxylic acids is 4. The van der Waals surface area contributed by atoms with Crippen LogP contribution in [0.15, 0.2) is 48.5 Å². The van der Waals surface area contributed by atoms with Gasteiger partial charge >= 0.3 is 5.97 Å². The second-order valence-corrected chi connectivity index (χ2v) is 10.1. The third kappa shape index (κ3) is 4.35. The smallest absolute Gasteiger partial charge is 0.316 e. The monoisotopic (exact) mass is 596 g/mol. The highest BCUT2D eigenvalue weighted by Gasteiger charge is 2.43. The van der Waals surface area contributed by atoms with Gasteiger partial charge in [0, 0.05) is 19.0 Å². The van der Waals surface area contributed by atoms with E-state index in [9.17, 15) is 19.2 Å². The topological polar surface area (TPSA) is 84.0 Å². The maximum absolute atomic E-state index is 13.1. The molecule has 0 bridgehead atoms. The van der Waals surface area contributed by atoms with Crippen molar-refractivity contribution in [2.45, 2.75) is 6.42 Å². The standard InChI is InChI=1S/C25H13Cl5N2O5/c26-14-6-1-2-7-15(14)31-10-11(8-16(31)33)25(36)37-13-5-3-4-12(9-13)32-23(34)17-18(24(32)35)20(28)22(30)21(29)19(17)27/h1-7,9,11H,8,10H2/t11-/m0/s1. The van der Waals surface area contributed by atoms with E-state index in [-0.39, 0.29) is 61.5 Å². The Hall–Kier alpha value is -2.81. The molecule has 0 spiro atoms. The number of rotatable bonds is 4. The molecule has 0 unspecified atom stereocenters. The number of nitrogens with zero attached hydrogens (tertiary/aromatic N) is 2. The van der Waals surface area contributed by atoms with E-state index in [1.807, 2.05) is 0 Å². The van der Waals surface area contributed by atoms with Crippen molar-refractivity contribution < 1.29 is 23.9 Å². The van der Waals surface area contributed by atoms with Crippen LogP contribution in [0.1, 0.15) is 27.1 Å². The average molecular weight is 599 g/mol. The van der Waals surface area contributed by atoms with Gasteiger partial charge in [-0.2, -0.15) is 0 Å². The van der Waals surface area contributed by atoms with Crippen molar-refractivity contribution in [3.05, 3.63) is 84.8 Å². The van der Waals surface area contributed by atoms with Crippen molar-refractivity contribution in [1.82, 2.24) is 0 Å². The molecule has 2 heterocycles. The number of halogens is 5. The lowest BCUT2D eigenvalue weighted by atomic mass is 10.1. The van der Waals surface area contributed by atoms with Crippen LogP contribution in [-0.4, -0.2) is 30.2 Å². The number of esters is 1. The molecule has 3 aromatic rings. The number of anilines is 2. The van der Waals surface area contributed by atoms with Gasteiger partial charge in [-0.25, -0.2) is 4.90 Å². The van der Waals surface area contributed by atoms with Crippen molar-refractivity contribution >= 4 is 93.1 Å². The Bertz CT molecular complexity index is 1480. The molecule has 5 rings (SSSR count). The van der Waals surface area contributed by atoms with Crippen molar-refractivity contribution in [3.8, 4) is 5.75 Å². The molecule has 37 heavy (non-hydrogen) atoms. The maximum Gasteiger partial charge on any atom is 0.316 e. The van der Waals surface area contributed by atoms with Gasteiger partial charge in [0.25, 0.3) is 11.8 Å². The number of fused-ring (bicyclic) bond motifs is 1. The minimum atomic E-state index is -0.759. The molecule has 3 aromatic carbocycles. The van der Waals surface area contributed by atoms with E-state index in [1.54, 1.807) is 24.3 Å². The molecule has 7 nitrogen and oxygen atoms in total. The summed E-state index contributed by atoms with van der Waals surface area (Å²) >= 11 is 30.7. The maximum atomic E-state index is 13.1. The molecule has 0 aromatic heterocycles. The van der Waals surface area contributed by atoms with Crippen LogP contribution in [-0.2, 0) is 9.59 Å². The largest absolute Gasteiger partial charge is 0.426 e. The SMILES string of the molecule is O=C(Oc1cccc(N2C(=O)c3c(Cl)c(Cl)c(Cl)c(Cl)c3C2=O)c1)[C@H]1CC(=O)N(c2ccccc2Cl)C1. The third-order valence-electron chi connectivity index (χ3n) is 6.00. The summed E-state index contributed by atoms with van der Waals surface area (Å²) in [7, 11) is 0. The van der Waals surface area contributed by atoms with Crippen LogP contribution in [0.2, 0.25) is 25.1 Å². The molecular weight excluding hydrogens is 586 g/mol. The summed E-state index contributed by atoms with van der Waals surface area (Å²) in [5.41, 5.74) is 0.279. The molecule has 188 valence electrons. The summed E-state index contributed by atoms with van der Waals surface area (Å²) in [5, 5.41) is -0.280. The van der Waals surface area contributed by atoms with E-state index in [0.717, 1.165) is 4.90 Å². The van der Waals surface area contributed by atoms with Crippen LogP contribution in [0.25, 0.3) is 0 Å². The van der Waals surface area contributed by atoms with E-state index in [0.29, 0.717) is 10.7 Å². The number of imide groups is 1. The van der Waals surface area contributed by atoms with E-state index in [2.05, 4.69) is 0 Å². The Morgan fingerprint density at radius 2 is 1.43 bits per heavy atom. The summed E-state index contributed by atoms with van der Waals surface area (Å²) in [6.07, 6.45) is -0.0549. The van der Waals surface area contributed by atoms with E-state index in [4.69, 9.17) is 62.7 Å². The van der Waals surface area contributed by atoms with Crippen LogP contribution >= 0.6 is 58.0 Å². The van der Waals surface area contributed by atoms with Gasteiger partial charge in [0.15, 0.2) is 0 Å². The Kier molecular flexibility index (Phi) is 6.85. The molecule has 0 N–H and O–H groups in total. The molecule has 0 aliphatic carbocycles. The van der Waals surface area contributed by atoms with Gasteiger partial charge in [0.1, 0.15) is 5.75 Å². The van der Waals surface area contributed by atoms with Crippen molar-refractivity contribution in [2.24, 2.45) is 5.92 Å². The van der Waals surface area contributed by atoms with Crippen LogP contribution in [0, 0.1) is 5.92 Å². The zero-order valence-corrected chi connectivity index (χ0v) is 22.2. The molecule has 1 saturated heterocycles. The van der Waals surface area contributed by atoms with Crippen molar-refractivity contribution in [1.29, 1.82) is 0 Å². The van der Waals surface area contributed by atoms with Crippen molar-refractivity contribution in [3.63, 3.8) is 0 Å². The molecule has 2 aliphatic rings. The second kappa shape index (κ2) is 9.82. The van der Waals surface area contributed by atoms with Crippen LogP contribution in [0.5, 0.6) is 5.75 Å². The van der Waals surface area contributed by atoms with Crippen LogP contribution in [0.4, 0.5) is 11.4 Å². The highest BCUT2D eigenvalue weighted by atomic mass is 35.5. The molecule has 3 amide bonds. The first-order valence-electron chi connectivity index (χ1n) is 10.7. The molecule has 1 atom stereocenters. The fourth-order valence-electron chi connectivity index (χ4n) is 4.24. The molecule has 0 saturated carbocycles. The zero-order chi connectivity index (χ0) is 26.6. The summed E-state index contributed by atoms with van der Waals surface area (Å²) < 4.78 is 5.50. The molecule has 2 aliphatic heterocycles. The lowest BCUT2D eigenvalue weighted by Gasteiger charge is -2.18. The van der Waals surface area contributed by atoms with Gasteiger partial charge in [-0.05, 0) is 24.3 Å². The number of hydrogen-bond donors (Lipinski definition) is 0. The molecular formula is C25H13Cl5N2O5. The summed E-state index contributed by atoms with van der Waals surface area (Å²) in [5.74, 6) is -3.10. The highest BCUT2D eigenvalue weighted by molar-refractivity contribution is 6.56.